The van der Waals surface area contributed by atoms with E-state index >= 15 is 0 Å². The lowest BCUT2D eigenvalue weighted by molar-refractivity contribution is -0.121. The molecule has 5 nitrogen and oxygen atoms in total. The molecule has 0 fully saturated rings. The van der Waals surface area contributed by atoms with Gasteiger partial charge in [-0.3, -0.25) is 9.59 Å². The number of nitrogens with one attached hydrogen (secondary N) is 1. The van der Waals surface area contributed by atoms with Gasteiger partial charge >= 0.3 is 0 Å². The summed E-state index contributed by atoms with van der Waals surface area (Å²) >= 11 is 5.76. The summed E-state index contributed by atoms with van der Waals surface area (Å²) in [4.78, 5) is 23.6. The van der Waals surface area contributed by atoms with Crippen molar-refractivity contribution in [1.29, 1.82) is 0 Å². The second-order valence-corrected chi connectivity index (χ2v) is 5.71. The molecule has 0 saturated heterocycles. The normalized spacial score (nSPS) is 11.8. The van der Waals surface area contributed by atoms with E-state index in [9.17, 15) is 19.1 Å². The largest absolute Gasteiger partial charge is 0.506 e. The fourth-order valence-electron chi connectivity index (χ4n) is 2.14. The fourth-order valence-corrected chi connectivity index (χ4v) is 2.32. The van der Waals surface area contributed by atoms with Crippen molar-refractivity contribution in [3.8, 4) is 5.75 Å². The van der Waals surface area contributed by atoms with Crippen molar-refractivity contribution in [2.45, 2.75) is 6.42 Å². The Kier molecular flexibility index (Phi) is 5.76. The maximum Gasteiger partial charge on any atom is 0.251 e. The minimum absolute atomic E-state index is 0.0318. The monoisotopic (exact) mass is 350 g/mol. The minimum atomic E-state index is -0.632. The molecule has 126 valence electrons. The van der Waals surface area contributed by atoms with Gasteiger partial charge in [0, 0.05) is 12.1 Å². The smallest absolute Gasteiger partial charge is 0.251 e. The first kappa shape index (κ1) is 17.7. The number of hydrogen-bond acceptors (Lipinski definition) is 3. The molecule has 0 radical (unpaired) electrons. The molecule has 0 saturated carbocycles. The molecular formula is C17H16ClFN2O3. The highest BCUT2D eigenvalue weighted by Gasteiger charge is 2.18. The molecule has 0 spiro atoms. The molecule has 0 aromatic heterocycles. The van der Waals surface area contributed by atoms with Gasteiger partial charge in [0.15, 0.2) is 0 Å². The van der Waals surface area contributed by atoms with Crippen molar-refractivity contribution in [2.75, 3.05) is 6.54 Å². The molecular weight excluding hydrogens is 335 g/mol. The van der Waals surface area contributed by atoms with Crippen LogP contribution >= 0.6 is 11.6 Å². The number of carbonyl (C=O) groups is 2. The molecule has 24 heavy (non-hydrogen) atoms. The van der Waals surface area contributed by atoms with E-state index in [0.717, 1.165) is 5.56 Å². The van der Waals surface area contributed by atoms with Gasteiger partial charge in [0.1, 0.15) is 11.6 Å². The Morgan fingerprint density at radius 3 is 2.46 bits per heavy atom. The lowest BCUT2D eigenvalue weighted by Gasteiger charge is -2.14. The summed E-state index contributed by atoms with van der Waals surface area (Å²) in [5, 5.41) is 12.0. The van der Waals surface area contributed by atoms with Gasteiger partial charge in [-0.25, -0.2) is 4.39 Å². The fraction of sp³-hybridized carbons (Fsp3) is 0.176. The first-order chi connectivity index (χ1) is 11.4. The highest BCUT2D eigenvalue weighted by molar-refractivity contribution is 6.32. The minimum Gasteiger partial charge on any atom is -0.506 e. The quantitative estimate of drug-likeness (QED) is 0.746. The van der Waals surface area contributed by atoms with E-state index in [0.29, 0.717) is 0 Å². The molecule has 0 unspecified atom stereocenters. The highest BCUT2D eigenvalue weighted by atomic mass is 35.5. The predicted octanol–water partition coefficient (Wildman–Crippen LogP) is 2.26. The van der Waals surface area contributed by atoms with Gasteiger partial charge in [-0.05, 0) is 42.3 Å². The molecule has 4 N–H and O–H groups in total. The van der Waals surface area contributed by atoms with Gasteiger partial charge in [0.2, 0.25) is 5.91 Å². The second kappa shape index (κ2) is 7.79. The number of phenols is 1. The predicted molar refractivity (Wildman–Crippen MR) is 88.2 cm³/mol. The lowest BCUT2D eigenvalue weighted by atomic mass is 9.98. The highest BCUT2D eigenvalue weighted by Crippen LogP contribution is 2.23. The molecule has 7 heteroatoms. The maximum atomic E-state index is 12.9. The Balaban J connectivity index is 2.00. The zero-order valence-electron chi connectivity index (χ0n) is 12.6. The van der Waals surface area contributed by atoms with E-state index in [1.807, 2.05) is 0 Å². The van der Waals surface area contributed by atoms with Crippen LogP contribution in [0.15, 0.2) is 42.5 Å². The van der Waals surface area contributed by atoms with Gasteiger partial charge in [-0.1, -0.05) is 23.7 Å². The number of hydrogen-bond donors (Lipinski definition) is 3. The van der Waals surface area contributed by atoms with Crippen molar-refractivity contribution in [3.05, 3.63) is 64.4 Å². The van der Waals surface area contributed by atoms with Crippen LogP contribution in [0.1, 0.15) is 15.9 Å². The van der Waals surface area contributed by atoms with Crippen LogP contribution in [0.2, 0.25) is 5.02 Å². The van der Waals surface area contributed by atoms with E-state index in [2.05, 4.69) is 5.32 Å². The summed E-state index contributed by atoms with van der Waals surface area (Å²) in [6.45, 7) is 0.0318. The summed E-state index contributed by atoms with van der Waals surface area (Å²) in [5.74, 6) is -2.14. The number of nitrogens with two attached hydrogens (primary N) is 1. The first-order valence-electron chi connectivity index (χ1n) is 7.17. The summed E-state index contributed by atoms with van der Waals surface area (Å²) in [6, 6.07) is 9.76. The molecule has 2 aromatic rings. The number of amides is 2. The van der Waals surface area contributed by atoms with Gasteiger partial charge < -0.3 is 16.2 Å². The average Bonchev–Trinajstić information content (AvgIpc) is 2.55. The summed E-state index contributed by atoms with van der Waals surface area (Å²) in [7, 11) is 0. The Morgan fingerprint density at radius 1 is 1.21 bits per heavy atom. The molecule has 2 aromatic carbocycles. The summed E-state index contributed by atoms with van der Waals surface area (Å²) in [6.07, 6.45) is 0.284. The maximum absolute atomic E-state index is 12.9. The molecule has 0 aliphatic rings. The van der Waals surface area contributed by atoms with Gasteiger partial charge in [-0.2, -0.15) is 0 Å². The van der Waals surface area contributed by atoms with Crippen molar-refractivity contribution in [2.24, 2.45) is 11.7 Å². The molecule has 0 aliphatic carbocycles. The van der Waals surface area contributed by atoms with Crippen LogP contribution in [0, 0.1) is 11.7 Å². The van der Waals surface area contributed by atoms with E-state index < -0.39 is 17.7 Å². The van der Waals surface area contributed by atoms with Gasteiger partial charge in [-0.15, -0.1) is 0 Å². The second-order valence-electron chi connectivity index (χ2n) is 5.31. The Hall–Kier alpha value is -2.60. The van der Waals surface area contributed by atoms with Crippen LogP contribution in [0.3, 0.4) is 0 Å². The van der Waals surface area contributed by atoms with E-state index in [-0.39, 0.29) is 35.1 Å². The first-order valence-corrected chi connectivity index (χ1v) is 7.55. The van der Waals surface area contributed by atoms with Crippen molar-refractivity contribution < 1.29 is 19.1 Å². The number of benzene rings is 2. The Labute approximate surface area is 143 Å². The molecule has 0 aliphatic heterocycles. The molecule has 0 bridgehead atoms. The van der Waals surface area contributed by atoms with Crippen LogP contribution in [-0.4, -0.2) is 23.5 Å². The number of halogens is 2. The summed E-state index contributed by atoms with van der Waals surface area (Å²) in [5.41, 5.74) is 6.36. The molecule has 2 rings (SSSR count). The van der Waals surface area contributed by atoms with Gasteiger partial charge in [0.05, 0.1) is 10.9 Å². The number of carbonyl (C=O) groups excluding carboxylic acids is 2. The van der Waals surface area contributed by atoms with E-state index in [1.165, 1.54) is 30.3 Å². The van der Waals surface area contributed by atoms with E-state index in [4.69, 9.17) is 17.3 Å². The topological polar surface area (TPSA) is 92.4 Å². The summed E-state index contributed by atoms with van der Waals surface area (Å²) < 4.78 is 12.9. The molecule has 0 heterocycles. The zero-order chi connectivity index (χ0) is 17.7. The number of phenolic OH excluding ortho intramolecular Hbond substituents is 1. The Morgan fingerprint density at radius 2 is 1.88 bits per heavy atom. The SMILES string of the molecule is NC(=O)[C@H](CNC(=O)c1ccc(O)c(Cl)c1)Cc1ccc(F)cc1. The third-order valence-electron chi connectivity index (χ3n) is 3.52. The van der Waals surface area contributed by atoms with Crippen molar-refractivity contribution in [1.82, 2.24) is 5.32 Å². The third kappa shape index (κ3) is 4.70. The molecule has 2 amide bonds. The molecule has 1 atom stereocenters. The van der Waals surface area contributed by atoms with Gasteiger partial charge in [0.25, 0.3) is 5.91 Å². The van der Waals surface area contributed by atoms with E-state index in [1.54, 1.807) is 12.1 Å². The van der Waals surface area contributed by atoms with Crippen LogP contribution in [-0.2, 0) is 11.2 Å². The van der Waals surface area contributed by atoms with Crippen molar-refractivity contribution in [3.63, 3.8) is 0 Å². The van der Waals surface area contributed by atoms with Crippen LogP contribution < -0.4 is 11.1 Å². The van der Waals surface area contributed by atoms with Crippen molar-refractivity contribution >= 4 is 23.4 Å². The zero-order valence-corrected chi connectivity index (χ0v) is 13.4. The average molecular weight is 351 g/mol. The van der Waals surface area contributed by atoms with Crippen LogP contribution in [0.25, 0.3) is 0 Å². The third-order valence-corrected chi connectivity index (χ3v) is 3.82. The number of rotatable bonds is 6. The standard InChI is InChI=1S/C17H16ClFN2O3/c18-14-8-11(3-6-15(14)22)17(24)21-9-12(16(20)23)7-10-1-4-13(19)5-2-10/h1-6,8,12,22H,7,9H2,(H2,20,23)(H,21,24)/t12-/m0/s1. The number of aromatic hydroxyl groups is 1. The van der Waals surface area contributed by atoms with Crippen LogP contribution in [0.4, 0.5) is 4.39 Å². The number of primary amides is 1. The van der Waals surface area contributed by atoms with Crippen LogP contribution in [0.5, 0.6) is 5.75 Å². The Bertz CT molecular complexity index is 750. The lowest BCUT2D eigenvalue weighted by Crippen LogP contribution is -2.37.